The van der Waals surface area contributed by atoms with E-state index in [0.717, 1.165) is 5.75 Å². The lowest BCUT2D eigenvalue weighted by Gasteiger charge is -2.44. The predicted molar refractivity (Wildman–Crippen MR) is 85.8 cm³/mol. The van der Waals surface area contributed by atoms with E-state index in [4.69, 9.17) is 9.47 Å². The SMILES string of the molecule is COc1ccc(OC[C@H]2C[C@H](O)C[N+]2(C(=O)O)C(C)(C)C)cc1. The number of rotatable bonds is 4. The van der Waals surface area contributed by atoms with Crippen molar-refractivity contribution in [3.8, 4) is 11.5 Å². The van der Waals surface area contributed by atoms with Crippen LogP contribution in [-0.4, -0.2) is 58.7 Å². The van der Waals surface area contributed by atoms with Crippen LogP contribution in [0.3, 0.4) is 0 Å². The molecule has 1 heterocycles. The standard InChI is InChI=1S/C17H25NO5/c1-17(2,3)18(16(20)21)10-13(19)9-12(18)11-23-15-7-5-14(22-4)6-8-15/h5-8,12-13,19H,9-11H2,1-4H3/p+1/t12-,13+,18?/m1/s1. The molecule has 3 atom stereocenters. The molecular formula is C17H26NO5+. The second kappa shape index (κ2) is 6.37. The zero-order chi connectivity index (χ0) is 17.3. The van der Waals surface area contributed by atoms with Gasteiger partial charge < -0.3 is 19.7 Å². The Balaban J connectivity index is 2.17. The van der Waals surface area contributed by atoms with Crippen LogP contribution in [0.1, 0.15) is 27.2 Å². The highest BCUT2D eigenvalue weighted by molar-refractivity contribution is 5.58. The minimum absolute atomic E-state index is 0.190. The van der Waals surface area contributed by atoms with E-state index in [1.165, 1.54) is 0 Å². The third-order valence-electron chi connectivity index (χ3n) is 4.71. The number of amides is 1. The molecular weight excluding hydrogens is 298 g/mol. The third kappa shape index (κ3) is 3.28. The number of nitrogens with zero attached hydrogens (tertiary/aromatic N) is 1. The van der Waals surface area contributed by atoms with E-state index in [1.54, 1.807) is 31.4 Å². The third-order valence-corrected chi connectivity index (χ3v) is 4.71. The largest absolute Gasteiger partial charge is 0.514 e. The van der Waals surface area contributed by atoms with Gasteiger partial charge in [0.15, 0.2) is 0 Å². The van der Waals surface area contributed by atoms with Gasteiger partial charge in [-0.15, -0.1) is 0 Å². The maximum atomic E-state index is 12.0. The molecule has 6 heteroatoms. The van der Waals surface area contributed by atoms with Crippen LogP contribution in [0.15, 0.2) is 24.3 Å². The summed E-state index contributed by atoms with van der Waals surface area (Å²) in [6.07, 6.45) is -1.13. The molecule has 0 aromatic heterocycles. The first-order valence-corrected chi connectivity index (χ1v) is 7.77. The van der Waals surface area contributed by atoms with E-state index >= 15 is 0 Å². The summed E-state index contributed by atoms with van der Waals surface area (Å²) in [5, 5.41) is 19.9. The molecule has 1 aromatic rings. The van der Waals surface area contributed by atoms with Crippen LogP contribution in [0, 0.1) is 0 Å². The Morgan fingerprint density at radius 1 is 1.26 bits per heavy atom. The van der Waals surface area contributed by atoms with Crippen LogP contribution >= 0.6 is 0 Å². The van der Waals surface area contributed by atoms with E-state index in [9.17, 15) is 15.0 Å². The molecule has 0 aliphatic carbocycles. The molecule has 6 nitrogen and oxygen atoms in total. The van der Waals surface area contributed by atoms with E-state index in [2.05, 4.69) is 0 Å². The van der Waals surface area contributed by atoms with Gasteiger partial charge in [0, 0.05) is 6.42 Å². The van der Waals surface area contributed by atoms with Crippen LogP contribution in [0.2, 0.25) is 0 Å². The summed E-state index contributed by atoms with van der Waals surface area (Å²) in [5.41, 5.74) is -0.531. The van der Waals surface area contributed by atoms with Crippen molar-refractivity contribution in [3.05, 3.63) is 24.3 Å². The molecule has 1 aliphatic heterocycles. The molecule has 1 fully saturated rings. The van der Waals surface area contributed by atoms with Crippen molar-refractivity contribution in [1.82, 2.24) is 0 Å². The number of hydrogen-bond donors (Lipinski definition) is 2. The molecule has 2 N–H and O–H groups in total. The molecule has 0 bridgehead atoms. The van der Waals surface area contributed by atoms with Gasteiger partial charge in [0.1, 0.15) is 42.3 Å². The average Bonchev–Trinajstić information content (AvgIpc) is 2.83. The Hall–Kier alpha value is -1.79. The van der Waals surface area contributed by atoms with Gasteiger partial charge in [0.2, 0.25) is 0 Å². The number of likely N-dealkylation sites (tertiary alicyclic amines) is 1. The first kappa shape index (κ1) is 17.6. The number of methoxy groups -OCH3 is 1. The van der Waals surface area contributed by atoms with Gasteiger partial charge in [-0.2, -0.15) is 4.79 Å². The van der Waals surface area contributed by atoms with E-state index < -0.39 is 17.7 Å². The average molecular weight is 324 g/mol. The van der Waals surface area contributed by atoms with Crippen LogP contribution in [-0.2, 0) is 0 Å². The maximum Gasteiger partial charge on any atom is 0.514 e. The highest BCUT2D eigenvalue weighted by Gasteiger charge is 2.59. The van der Waals surface area contributed by atoms with Crippen LogP contribution in [0.25, 0.3) is 0 Å². The number of carbonyl (C=O) groups is 1. The van der Waals surface area contributed by atoms with Crippen molar-refractivity contribution in [2.75, 3.05) is 20.3 Å². The fraction of sp³-hybridized carbons (Fsp3) is 0.588. The second-order valence-corrected chi connectivity index (χ2v) is 7.03. The number of hydrogen-bond acceptors (Lipinski definition) is 4. The monoisotopic (exact) mass is 324 g/mol. The smallest absolute Gasteiger partial charge is 0.497 e. The molecule has 2 rings (SSSR count). The molecule has 0 saturated carbocycles. The Morgan fingerprint density at radius 3 is 2.30 bits per heavy atom. The topological polar surface area (TPSA) is 76.0 Å². The number of aliphatic hydroxyl groups is 1. The number of ether oxygens (including phenoxy) is 2. The molecule has 1 aromatic carbocycles. The molecule has 0 spiro atoms. The summed E-state index contributed by atoms with van der Waals surface area (Å²) >= 11 is 0. The van der Waals surface area contributed by atoms with Gasteiger partial charge in [0.25, 0.3) is 0 Å². The highest BCUT2D eigenvalue weighted by atomic mass is 16.5. The molecule has 1 unspecified atom stereocenters. The molecule has 1 amide bonds. The molecule has 1 aliphatic rings. The van der Waals surface area contributed by atoms with Crippen molar-refractivity contribution in [2.45, 2.75) is 44.9 Å². The Morgan fingerprint density at radius 2 is 1.83 bits per heavy atom. The first-order valence-electron chi connectivity index (χ1n) is 7.77. The van der Waals surface area contributed by atoms with Gasteiger partial charge in [-0.1, -0.05) is 0 Å². The Labute approximate surface area is 136 Å². The Kier molecular flexibility index (Phi) is 4.87. The molecule has 0 radical (unpaired) electrons. The molecule has 23 heavy (non-hydrogen) atoms. The number of benzene rings is 1. The van der Waals surface area contributed by atoms with Crippen molar-refractivity contribution in [3.63, 3.8) is 0 Å². The van der Waals surface area contributed by atoms with Crippen molar-refractivity contribution >= 4 is 6.09 Å². The fourth-order valence-electron chi connectivity index (χ4n) is 3.45. The fourth-order valence-corrected chi connectivity index (χ4v) is 3.45. The van der Waals surface area contributed by atoms with Crippen LogP contribution in [0.5, 0.6) is 11.5 Å². The number of aliphatic hydroxyl groups excluding tert-OH is 1. The quantitative estimate of drug-likeness (QED) is 0.832. The zero-order valence-electron chi connectivity index (χ0n) is 14.2. The second-order valence-electron chi connectivity index (χ2n) is 7.03. The molecule has 1 saturated heterocycles. The maximum absolute atomic E-state index is 12.0. The minimum atomic E-state index is -0.919. The lowest BCUT2D eigenvalue weighted by Crippen LogP contribution is -2.67. The van der Waals surface area contributed by atoms with Gasteiger partial charge in [-0.05, 0) is 45.0 Å². The van der Waals surface area contributed by atoms with E-state index in [-0.39, 0.29) is 23.7 Å². The number of carboxylic acid groups (broad SMARTS) is 1. The Bertz CT molecular complexity index is 551. The van der Waals surface area contributed by atoms with Crippen LogP contribution < -0.4 is 9.47 Å². The summed E-state index contributed by atoms with van der Waals surface area (Å²) in [4.78, 5) is 12.0. The normalized spacial score (nSPS) is 27.7. The first-order chi connectivity index (χ1) is 10.7. The minimum Gasteiger partial charge on any atom is -0.497 e. The summed E-state index contributed by atoms with van der Waals surface area (Å²) < 4.78 is 10.7. The van der Waals surface area contributed by atoms with Crippen molar-refractivity contribution in [2.24, 2.45) is 0 Å². The lowest BCUT2D eigenvalue weighted by atomic mass is 10.00. The van der Waals surface area contributed by atoms with Gasteiger partial charge in [0.05, 0.1) is 7.11 Å². The van der Waals surface area contributed by atoms with Gasteiger partial charge in [-0.3, -0.25) is 0 Å². The van der Waals surface area contributed by atoms with E-state index in [0.29, 0.717) is 12.2 Å². The lowest BCUT2D eigenvalue weighted by molar-refractivity contribution is -0.915. The van der Waals surface area contributed by atoms with Gasteiger partial charge >= 0.3 is 6.09 Å². The summed E-state index contributed by atoms with van der Waals surface area (Å²) in [7, 11) is 1.60. The summed E-state index contributed by atoms with van der Waals surface area (Å²) in [6, 6.07) is 6.86. The zero-order valence-corrected chi connectivity index (χ0v) is 14.2. The summed E-state index contributed by atoms with van der Waals surface area (Å²) in [6.45, 7) is 6.11. The van der Waals surface area contributed by atoms with Crippen molar-refractivity contribution < 1.29 is 29.0 Å². The molecule has 128 valence electrons. The van der Waals surface area contributed by atoms with Crippen LogP contribution in [0.4, 0.5) is 4.79 Å². The van der Waals surface area contributed by atoms with Crippen molar-refractivity contribution in [1.29, 1.82) is 0 Å². The van der Waals surface area contributed by atoms with E-state index in [1.807, 2.05) is 20.8 Å². The predicted octanol–water partition coefficient (Wildman–Crippen LogP) is 2.50. The summed E-state index contributed by atoms with van der Waals surface area (Å²) in [5.74, 6) is 1.39. The van der Waals surface area contributed by atoms with Gasteiger partial charge in [-0.25, -0.2) is 4.48 Å². The highest BCUT2D eigenvalue weighted by Crippen LogP contribution is 2.37. The number of quaternary nitrogens is 1.